The van der Waals surface area contributed by atoms with Gasteiger partial charge in [-0.25, -0.2) is 4.98 Å². The summed E-state index contributed by atoms with van der Waals surface area (Å²) in [6.07, 6.45) is 7.65. The highest BCUT2D eigenvalue weighted by Crippen LogP contribution is 2.36. The molecule has 0 spiro atoms. The van der Waals surface area contributed by atoms with Crippen molar-refractivity contribution in [3.05, 3.63) is 35.9 Å². The van der Waals surface area contributed by atoms with Crippen LogP contribution in [0.4, 0.5) is 11.4 Å². The van der Waals surface area contributed by atoms with Crippen LogP contribution in [0, 0.1) is 5.92 Å². The molecule has 2 aromatic heterocycles. The van der Waals surface area contributed by atoms with E-state index in [0.29, 0.717) is 23.8 Å². The number of hydrogen-bond donors (Lipinski definition) is 1. The lowest BCUT2D eigenvalue weighted by atomic mass is 10.1. The van der Waals surface area contributed by atoms with Crippen LogP contribution in [0.1, 0.15) is 47.5 Å². The van der Waals surface area contributed by atoms with E-state index in [1.165, 1.54) is 19.0 Å². The molecule has 2 aromatic rings. The van der Waals surface area contributed by atoms with Gasteiger partial charge in [-0.3, -0.25) is 14.3 Å². The molecule has 0 bridgehead atoms. The number of nitrogens with two attached hydrogens (primary N) is 1. The van der Waals surface area contributed by atoms with Crippen molar-refractivity contribution in [2.45, 2.75) is 39.3 Å². The highest BCUT2D eigenvalue weighted by molar-refractivity contribution is 6.08. The molecule has 8 nitrogen and oxygen atoms in total. The number of carbonyl (C=O) groups excluding carboxylic acids is 2. The van der Waals surface area contributed by atoms with Crippen LogP contribution in [0.3, 0.4) is 0 Å². The predicted molar refractivity (Wildman–Crippen MR) is 96.0 cm³/mol. The summed E-state index contributed by atoms with van der Waals surface area (Å²) < 4.78 is 1.92. The lowest BCUT2D eigenvalue weighted by molar-refractivity contribution is 0.0690. The zero-order valence-electron chi connectivity index (χ0n) is 14.9. The first kappa shape index (κ1) is 16.6. The van der Waals surface area contributed by atoms with E-state index >= 15 is 0 Å². The molecule has 1 fully saturated rings. The highest BCUT2D eigenvalue weighted by atomic mass is 16.2. The molecule has 8 heteroatoms. The van der Waals surface area contributed by atoms with Crippen molar-refractivity contribution < 1.29 is 9.59 Å². The molecule has 4 rings (SSSR count). The van der Waals surface area contributed by atoms with Gasteiger partial charge in [-0.15, -0.1) is 0 Å². The van der Waals surface area contributed by atoms with Gasteiger partial charge in [-0.2, -0.15) is 5.10 Å². The number of aromatic nitrogens is 3. The fourth-order valence-corrected chi connectivity index (χ4v) is 3.27. The number of carbonyl (C=O) groups is 2. The summed E-state index contributed by atoms with van der Waals surface area (Å²) in [5.41, 5.74) is 7.38. The third kappa shape index (κ3) is 2.81. The summed E-state index contributed by atoms with van der Waals surface area (Å²) in [6, 6.07) is 1.56. The molecule has 136 valence electrons. The Morgan fingerprint density at radius 1 is 1.38 bits per heavy atom. The van der Waals surface area contributed by atoms with Crippen molar-refractivity contribution in [1.29, 1.82) is 0 Å². The Kier molecular flexibility index (Phi) is 3.90. The Labute approximate surface area is 151 Å². The first-order valence-corrected chi connectivity index (χ1v) is 8.85. The predicted octanol–water partition coefficient (Wildman–Crippen LogP) is 1.75. The van der Waals surface area contributed by atoms with E-state index in [1.807, 2.05) is 29.6 Å². The average Bonchev–Trinajstić information content (AvgIpc) is 3.30. The van der Waals surface area contributed by atoms with E-state index in [9.17, 15) is 9.59 Å². The number of amides is 2. The van der Waals surface area contributed by atoms with Crippen LogP contribution in [0.15, 0.2) is 24.7 Å². The first-order valence-electron chi connectivity index (χ1n) is 8.85. The quantitative estimate of drug-likeness (QED) is 0.882. The fourth-order valence-electron chi connectivity index (χ4n) is 3.27. The largest absolute Gasteiger partial charge is 0.366 e. The molecular weight excluding hydrogens is 332 g/mol. The molecule has 2 aliphatic rings. The van der Waals surface area contributed by atoms with Crippen LogP contribution in [0.25, 0.3) is 0 Å². The first-order chi connectivity index (χ1) is 12.5. The third-order valence-electron chi connectivity index (χ3n) is 4.91. The van der Waals surface area contributed by atoms with Crippen molar-refractivity contribution >= 4 is 23.2 Å². The standard InChI is InChI=1S/C18H22N6O2/c1-11(2)23-10-24(13-7-21-22(9-13)8-12-3-4-12)16-14(17(19)25)5-6-20-15(16)18(23)26/h5-7,9,11-12H,3-4,8,10H2,1-2H3,(H2,19,25). The van der Waals surface area contributed by atoms with E-state index < -0.39 is 5.91 Å². The van der Waals surface area contributed by atoms with Gasteiger partial charge in [0.2, 0.25) is 0 Å². The number of nitrogens with zero attached hydrogens (tertiary/aromatic N) is 5. The van der Waals surface area contributed by atoms with Gasteiger partial charge in [-0.1, -0.05) is 0 Å². The molecule has 3 heterocycles. The van der Waals surface area contributed by atoms with Crippen molar-refractivity contribution in [3.8, 4) is 0 Å². The molecule has 0 aromatic carbocycles. The summed E-state index contributed by atoms with van der Waals surface area (Å²) in [6.45, 7) is 5.12. The SMILES string of the molecule is CC(C)N1CN(c2cnn(CC3CC3)c2)c2c(C(N)=O)ccnc2C1=O. The molecule has 1 aliphatic carbocycles. The maximum absolute atomic E-state index is 12.8. The zero-order valence-corrected chi connectivity index (χ0v) is 14.9. The second-order valence-corrected chi connectivity index (χ2v) is 7.22. The smallest absolute Gasteiger partial charge is 0.276 e. The second-order valence-electron chi connectivity index (χ2n) is 7.22. The van der Waals surface area contributed by atoms with E-state index in [4.69, 9.17) is 5.73 Å². The van der Waals surface area contributed by atoms with Gasteiger partial charge in [0, 0.05) is 25.0 Å². The molecule has 1 saturated carbocycles. The summed E-state index contributed by atoms with van der Waals surface area (Å²) in [7, 11) is 0. The van der Waals surface area contributed by atoms with Gasteiger partial charge < -0.3 is 15.5 Å². The normalized spacial score (nSPS) is 17.0. The Hall–Kier alpha value is -2.90. The van der Waals surface area contributed by atoms with Crippen LogP contribution < -0.4 is 10.6 Å². The maximum Gasteiger partial charge on any atom is 0.276 e. The summed E-state index contributed by atoms with van der Waals surface area (Å²) in [4.78, 5) is 32.7. The molecule has 2 amide bonds. The van der Waals surface area contributed by atoms with E-state index in [-0.39, 0.29) is 17.6 Å². The van der Waals surface area contributed by atoms with Gasteiger partial charge in [0.05, 0.1) is 29.8 Å². The summed E-state index contributed by atoms with van der Waals surface area (Å²) in [5, 5.41) is 4.44. The third-order valence-corrected chi connectivity index (χ3v) is 4.91. The number of fused-ring (bicyclic) bond motifs is 1. The number of anilines is 2. The second kappa shape index (κ2) is 6.12. The van der Waals surface area contributed by atoms with E-state index in [1.54, 1.807) is 17.2 Å². The van der Waals surface area contributed by atoms with Crippen LogP contribution in [0.2, 0.25) is 0 Å². The molecule has 0 unspecified atom stereocenters. The average molecular weight is 354 g/mol. The zero-order chi connectivity index (χ0) is 18.4. The van der Waals surface area contributed by atoms with E-state index in [0.717, 1.165) is 12.2 Å². The molecule has 26 heavy (non-hydrogen) atoms. The molecule has 1 aliphatic heterocycles. The Morgan fingerprint density at radius 3 is 2.81 bits per heavy atom. The molecule has 0 atom stereocenters. The van der Waals surface area contributed by atoms with Gasteiger partial charge >= 0.3 is 0 Å². The van der Waals surface area contributed by atoms with Crippen LogP contribution in [0.5, 0.6) is 0 Å². The molecular formula is C18H22N6O2. The molecule has 2 N–H and O–H groups in total. The minimum atomic E-state index is -0.579. The van der Waals surface area contributed by atoms with Crippen molar-refractivity contribution in [2.75, 3.05) is 11.6 Å². The monoisotopic (exact) mass is 354 g/mol. The van der Waals surface area contributed by atoms with Gasteiger partial charge in [-0.05, 0) is 38.7 Å². The van der Waals surface area contributed by atoms with Crippen LogP contribution in [-0.4, -0.2) is 44.2 Å². The van der Waals surface area contributed by atoms with Crippen LogP contribution >= 0.6 is 0 Å². The Morgan fingerprint density at radius 2 is 2.15 bits per heavy atom. The van der Waals surface area contributed by atoms with Crippen molar-refractivity contribution in [3.63, 3.8) is 0 Å². The number of pyridine rings is 1. The Balaban J connectivity index is 1.80. The topological polar surface area (TPSA) is 97.3 Å². The van der Waals surface area contributed by atoms with E-state index in [2.05, 4.69) is 10.1 Å². The lowest BCUT2D eigenvalue weighted by Gasteiger charge is -2.39. The Bertz CT molecular complexity index is 870. The van der Waals surface area contributed by atoms with Gasteiger partial charge in [0.25, 0.3) is 11.8 Å². The lowest BCUT2D eigenvalue weighted by Crippen LogP contribution is -2.49. The maximum atomic E-state index is 12.8. The van der Waals surface area contributed by atoms with Gasteiger partial charge in [0.1, 0.15) is 0 Å². The minimum absolute atomic E-state index is 0.00121. The molecule has 0 saturated heterocycles. The van der Waals surface area contributed by atoms with Crippen LogP contribution in [-0.2, 0) is 6.54 Å². The minimum Gasteiger partial charge on any atom is -0.366 e. The van der Waals surface area contributed by atoms with Crippen molar-refractivity contribution in [2.24, 2.45) is 11.7 Å². The summed E-state index contributed by atoms with van der Waals surface area (Å²) >= 11 is 0. The molecule has 0 radical (unpaired) electrons. The number of primary amides is 1. The fraction of sp³-hybridized carbons (Fsp3) is 0.444. The highest BCUT2D eigenvalue weighted by Gasteiger charge is 2.36. The number of hydrogen-bond acceptors (Lipinski definition) is 5. The van der Waals surface area contributed by atoms with Crippen molar-refractivity contribution in [1.82, 2.24) is 19.7 Å². The summed E-state index contributed by atoms with van der Waals surface area (Å²) in [5.74, 6) is -0.0717. The number of rotatable bonds is 5. The van der Waals surface area contributed by atoms with Gasteiger partial charge in [0.15, 0.2) is 5.69 Å².